The average molecular weight is 737 g/mol. The van der Waals surface area contributed by atoms with Gasteiger partial charge in [0, 0.05) is 70.8 Å². The van der Waals surface area contributed by atoms with Crippen molar-refractivity contribution in [1.82, 2.24) is 19.9 Å². The summed E-state index contributed by atoms with van der Waals surface area (Å²) in [6.07, 6.45) is 11.4. The highest BCUT2D eigenvalue weighted by atomic mass is 32.4. The van der Waals surface area contributed by atoms with Crippen LogP contribution >= 0.6 is 12.5 Å². The number of methoxy groups -OCH3 is 2. The molecule has 0 atom stereocenters. The Bertz CT molecular complexity index is 1970. The minimum absolute atomic E-state index is 0.509. The molecule has 4 aromatic heterocycles. The van der Waals surface area contributed by atoms with Crippen LogP contribution in [0.2, 0.25) is 0 Å². The summed E-state index contributed by atoms with van der Waals surface area (Å²) >= 11 is 12.4. The zero-order valence-electron chi connectivity index (χ0n) is 26.9. The van der Waals surface area contributed by atoms with Crippen molar-refractivity contribution in [1.29, 1.82) is 0 Å². The van der Waals surface area contributed by atoms with Crippen LogP contribution in [-0.4, -0.2) is 46.6 Å². The number of aromatic nitrogens is 4. The van der Waals surface area contributed by atoms with Gasteiger partial charge in [-0.1, -0.05) is 0 Å². The lowest BCUT2D eigenvalue weighted by Crippen LogP contribution is -2.20. The Morgan fingerprint density at radius 1 is 0.460 bits per heavy atom. The molecule has 0 amide bonds. The summed E-state index contributed by atoms with van der Waals surface area (Å²) in [7, 11) is 3.16. The van der Waals surface area contributed by atoms with E-state index in [4.69, 9.17) is 42.1 Å². The van der Waals surface area contributed by atoms with Crippen molar-refractivity contribution in [3.05, 3.63) is 146 Å². The lowest BCUT2D eigenvalue weighted by atomic mass is 10.2. The van der Waals surface area contributed by atoms with Gasteiger partial charge in [-0.05, 0) is 120 Å². The summed E-state index contributed by atoms with van der Waals surface area (Å²) in [6.45, 7) is 0. The van der Waals surface area contributed by atoms with Gasteiger partial charge in [-0.15, -0.1) is 0 Å². The number of pyridine rings is 4. The summed E-state index contributed by atoms with van der Waals surface area (Å²) in [5.41, 5.74) is 1.51. The molecule has 14 heteroatoms. The Labute approximate surface area is 300 Å². The van der Waals surface area contributed by atoms with Gasteiger partial charge in [-0.25, -0.2) is 0 Å². The summed E-state index contributed by atoms with van der Waals surface area (Å²) in [6, 6.07) is 26.0. The maximum atomic E-state index is 6.59. The molecule has 0 N–H and O–H groups in total. The maximum Gasteiger partial charge on any atom is 0.171 e. The second kappa shape index (κ2) is 16.1. The predicted octanol–water partition coefficient (Wildman–Crippen LogP) is 5.59. The van der Waals surface area contributed by atoms with Gasteiger partial charge < -0.3 is 18.5 Å². The summed E-state index contributed by atoms with van der Waals surface area (Å²) in [5, 5.41) is 12.0. The average Bonchev–Trinajstić information content (AvgIpc) is 3.18. The van der Waals surface area contributed by atoms with Gasteiger partial charge in [-0.2, -0.15) is 10.2 Å². The molecule has 250 valence electrons. The molecule has 0 unspecified atom stereocenters. The topological polar surface area (TPSA) is 113 Å². The Balaban J connectivity index is 1.19. The fraction of sp³-hybridized carbons (Fsp3) is 0.0556. The van der Waals surface area contributed by atoms with Gasteiger partial charge in [-0.3, -0.25) is 19.9 Å². The molecule has 0 fully saturated rings. The zero-order chi connectivity index (χ0) is 34.8. The van der Waals surface area contributed by atoms with Crippen LogP contribution in [0.3, 0.4) is 0 Å². The van der Waals surface area contributed by atoms with E-state index in [2.05, 4.69) is 30.1 Å². The quantitative estimate of drug-likeness (QED) is 0.0846. The van der Waals surface area contributed by atoms with Crippen molar-refractivity contribution in [2.24, 2.45) is 10.2 Å². The molecular formula is C36H30N6O4P2S2. The van der Waals surface area contributed by atoms with Crippen LogP contribution in [0.15, 0.2) is 145 Å². The lowest BCUT2D eigenvalue weighted by Gasteiger charge is -2.25. The van der Waals surface area contributed by atoms with Gasteiger partial charge in [0.05, 0.1) is 26.6 Å². The predicted molar refractivity (Wildman–Crippen MR) is 206 cm³/mol. The van der Waals surface area contributed by atoms with Crippen LogP contribution in [0.4, 0.5) is 0 Å². The van der Waals surface area contributed by atoms with Gasteiger partial charge in [0.1, 0.15) is 0 Å². The highest BCUT2D eigenvalue weighted by Crippen LogP contribution is 2.49. The number of nitrogens with zero attached hydrogens (tertiary/aromatic N) is 6. The molecule has 4 heterocycles. The van der Waals surface area contributed by atoms with Gasteiger partial charge in [0.2, 0.25) is 0 Å². The van der Waals surface area contributed by atoms with Crippen molar-refractivity contribution in [3.63, 3.8) is 0 Å². The fourth-order valence-corrected chi connectivity index (χ4v) is 10.7. The highest BCUT2D eigenvalue weighted by molar-refractivity contribution is 8.20. The Morgan fingerprint density at radius 3 is 1.04 bits per heavy atom. The largest absolute Gasteiger partial charge is 0.493 e. The van der Waals surface area contributed by atoms with Gasteiger partial charge >= 0.3 is 0 Å². The number of rotatable bonds is 13. The van der Waals surface area contributed by atoms with E-state index in [0.29, 0.717) is 23.0 Å². The Morgan fingerprint density at radius 2 is 0.760 bits per heavy atom. The van der Waals surface area contributed by atoms with Crippen molar-refractivity contribution >= 4 is 69.8 Å². The number of benzene rings is 2. The minimum atomic E-state index is -2.73. The van der Waals surface area contributed by atoms with Crippen LogP contribution in [0.1, 0.15) is 11.1 Å². The van der Waals surface area contributed by atoms with E-state index in [9.17, 15) is 0 Å². The van der Waals surface area contributed by atoms with E-state index in [1.54, 1.807) is 76.2 Å². The third-order valence-corrected chi connectivity index (χ3v) is 15.1. The van der Waals surface area contributed by atoms with E-state index in [1.807, 2.05) is 84.9 Å². The number of hydrogen-bond acceptors (Lipinski definition) is 12. The monoisotopic (exact) mass is 736 g/mol. The summed E-state index contributed by atoms with van der Waals surface area (Å²) in [4.78, 5) is 16.6. The standard InChI is InChI=1S/C36H30N6O4P2S2/c1-43-35-23-27(3-5-33(35)45-47(49,29-7-15-37-16-8-29)30-9-17-38-18-10-30)25-41-42-26-28-4-6-34(36(24-28)44-2)46-48(50,31-11-19-39-20-12-31)32-13-21-40-22-14-32/h3-26H,1-2H3. The number of hydrogen-bond donors (Lipinski definition) is 0. The van der Waals surface area contributed by atoms with Crippen molar-refractivity contribution in [2.75, 3.05) is 14.2 Å². The smallest absolute Gasteiger partial charge is 0.171 e. The van der Waals surface area contributed by atoms with Crippen LogP contribution in [-0.2, 0) is 23.6 Å². The van der Waals surface area contributed by atoms with E-state index >= 15 is 0 Å². The molecule has 0 aliphatic heterocycles. The normalized spacial score (nSPS) is 11.8. The van der Waals surface area contributed by atoms with Crippen LogP contribution in [0, 0.1) is 0 Å². The molecule has 0 saturated heterocycles. The molecule has 0 radical (unpaired) electrons. The molecule has 0 spiro atoms. The Kier molecular flexibility index (Phi) is 11.2. The first-order valence-corrected chi connectivity index (χ1v) is 20.5. The first-order valence-electron chi connectivity index (χ1n) is 15.1. The summed E-state index contributed by atoms with van der Waals surface area (Å²) < 4.78 is 24.6. The Hall–Kier alpha value is -5.12. The van der Waals surface area contributed by atoms with Gasteiger partial charge in [0.25, 0.3) is 0 Å². The van der Waals surface area contributed by atoms with Crippen molar-refractivity contribution in [2.45, 2.75) is 0 Å². The first-order chi connectivity index (χ1) is 24.4. The molecule has 6 rings (SSSR count). The van der Waals surface area contributed by atoms with Crippen LogP contribution in [0.25, 0.3) is 0 Å². The number of ether oxygens (including phenoxy) is 2. The van der Waals surface area contributed by atoms with E-state index in [-0.39, 0.29) is 0 Å². The molecule has 0 aliphatic carbocycles. The molecule has 0 aliphatic rings. The van der Waals surface area contributed by atoms with Gasteiger partial charge in [0.15, 0.2) is 35.5 Å². The molecule has 2 aromatic carbocycles. The zero-order valence-corrected chi connectivity index (χ0v) is 30.3. The SMILES string of the molecule is COc1cc(C=NN=Cc2ccc(OP(=S)(c3ccncc3)c3ccncc3)c(OC)c2)ccc1OP(=S)(c1ccncc1)c1ccncc1. The molecule has 50 heavy (non-hydrogen) atoms. The lowest BCUT2D eigenvalue weighted by molar-refractivity contribution is 0.398. The van der Waals surface area contributed by atoms with Crippen LogP contribution in [0.5, 0.6) is 23.0 Å². The van der Waals surface area contributed by atoms with Crippen molar-refractivity contribution < 1.29 is 18.5 Å². The first kappa shape index (κ1) is 34.7. The third-order valence-electron chi connectivity index (χ3n) is 7.32. The molecular weight excluding hydrogens is 707 g/mol. The van der Waals surface area contributed by atoms with E-state index in [0.717, 1.165) is 32.3 Å². The fourth-order valence-electron chi connectivity index (χ4n) is 4.83. The van der Waals surface area contributed by atoms with E-state index < -0.39 is 12.5 Å². The van der Waals surface area contributed by atoms with Crippen LogP contribution < -0.4 is 39.7 Å². The second-order valence-electron chi connectivity index (χ2n) is 10.4. The molecule has 0 bridgehead atoms. The maximum absolute atomic E-state index is 6.59. The van der Waals surface area contributed by atoms with Crippen molar-refractivity contribution in [3.8, 4) is 23.0 Å². The second-order valence-corrected chi connectivity index (χ2v) is 18.1. The van der Waals surface area contributed by atoms with E-state index in [1.165, 1.54) is 0 Å². The summed E-state index contributed by atoms with van der Waals surface area (Å²) in [5.74, 6) is 2.04. The third kappa shape index (κ3) is 7.85. The molecule has 0 saturated carbocycles. The molecule has 6 aromatic rings. The minimum Gasteiger partial charge on any atom is -0.493 e. The highest BCUT2D eigenvalue weighted by Gasteiger charge is 2.28. The molecule has 10 nitrogen and oxygen atoms in total.